The van der Waals surface area contributed by atoms with E-state index in [1.165, 1.54) is 0 Å². The van der Waals surface area contributed by atoms with Crippen molar-refractivity contribution in [3.63, 3.8) is 0 Å². The molecule has 122 valence electrons. The van der Waals surface area contributed by atoms with Crippen molar-refractivity contribution in [2.75, 3.05) is 18.4 Å². The second kappa shape index (κ2) is 8.94. The van der Waals surface area contributed by atoms with Crippen LogP contribution in [0, 0.1) is 6.92 Å². The standard InChI is InChI=1S/C18H20BrClN2O/c1-13-11-15(19)5-6-17(13)21-10-8-18(23)22-9-7-14-3-2-4-16(20)12-14/h2-6,11-12,21H,7-10H2,1H3,(H,22,23). The average molecular weight is 396 g/mol. The molecule has 0 atom stereocenters. The number of amides is 1. The SMILES string of the molecule is Cc1cc(Br)ccc1NCCC(=O)NCCc1cccc(Cl)c1. The molecule has 0 aliphatic carbocycles. The fourth-order valence-corrected chi connectivity index (χ4v) is 2.95. The third-order valence-corrected chi connectivity index (χ3v) is 4.21. The number of aryl methyl sites for hydroxylation is 1. The van der Waals surface area contributed by atoms with E-state index >= 15 is 0 Å². The van der Waals surface area contributed by atoms with Gasteiger partial charge in [0.15, 0.2) is 0 Å². The fourth-order valence-electron chi connectivity index (χ4n) is 2.26. The van der Waals surface area contributed by atoms with E-state index in [2.05, 4.69) is 26.6 Å². The van der Waals surface area contributed by atoms with Crippen LogP contribution in [0.2, 0.25) is 5.02 Å². The van der Waals surface area contributed by atoms with E-state index in [0.717, 1.165) is 32.7 Å². The largest absolute Gasteiger partial charge is 0.384 e. The molecule has 0 aromatic heterocycles. The molecule has 3 nitrogen and oxygen atoms in total. The first kappa shape index (κ1) is 17.8. The number of hydrogen-bond donors (Lipinski definition) is 2. The molecule has 0 heterocycles. The number of carbonyl (C=O) groups excluding carboxylic acids is 1. The number of halogens is 2. The average Bonchev–Trinajstić information content (AvgIpc) is 2.49. The minimum absolute atomic E-state index is 0.0503. The van der Waals surface area contributed by atoms with Gasteiger partial charge in [0.1, 0.15) is 0 Å². The third-order valence-electron chi connectivity index (χ3n) is 3.48. The Hall–Kier alpha value is -1.52. The van der Waals surface area contributed by atoms with Gasteiger partial charge in [0, 0.05) is 34.7 Å². The molecule has 0 aliphatic heterocycles. The molecular weight excluding hydrogens is 376 g/mol. The molecule has 0 radical (unpaired) electrons. The maximum absolute atomic E-state index is 11.8. The van der Waals surface area contributed by atoms with Crippen LogP contribution >= 0.6 is 27.5 Å². The molecule has 2 aromatic rings. The monoisotopic (exact) mass is 394 g/mol. The van der Waals surface area contributed by atoms with Crippen molar-refractivity contribution in [2.24, 2.45) is 0 Å². The van der Waals surface area contributed by atoms with Gasteiger partial charge in [-0.3, -0.25) is 4.79 Å². The quantitative estimate of drug-likeness (QED) is 0.721. The van der Waals surface area contributed by atoms with Crippen LogP contribution in [0.4, 0.5) is 5.69 Å². The summed E-state index contributed by atoms with van der Waals surface area (Å²) in [4.78, 5) is 11.8. The van der Waals surface area contributed by atoms with Gasteiger partial charge >= 0.3 is 0 Å². The summed E-state index contributed by atoms with van der Waals surface area (Å²) in [5, 5.41) is 6.94. The predicted octanol–water partition coefficient (Wildman–Crippen LogP) is 4.57. The zero-order valence-corrected chi connectivity index (χ0v) is 15.4. The van der Waals surface area contributed by atoms with E-state index in [1.54, 1.807) is 0 Å². The van der Waals surface area contributed by atoms with Gasteiger partial charge in [0.25, 0.3) is 0 Å². The molecule has 0 saturated carbocycles. The first-order valence-electron chi connectivity index (χ1n) is 7.56. The van der Waals surface area contributed by atoms with Gasteiger partial charge in [-0.2, -0.15) is 0 Å². The summed E-state index contributed by atoms with van der Waals surface area (Å²) in [6.45, 7) is 3.28. The molecule has 1 amide bonds. The first-order chi connectivity index (χ1) is 11.0. The van der Waals surface area contributed by atoms with E-state index in [1.807, 2.05) is 49.4 Å². The Kier molecular flexibility index (Phi) is 6.93. The van der Waals surface area contributed by atoms with Crippen LogP contribution in [0.25, 0.3) is 0 Å². The van der Waals surface area contributed by atoms with Crippen molar-refractivity contribution in [2.45, 2.75) is 19.8 Å². The zero-order chi connectivity index (χ0) is 16.7. The molecule has 0 fully saturated rings. The van der Waals surface area contributed by atoms with Gasteiger partial charge in [-0.15, -0.1) is 0 Å². The maximum Gasteiger partial charge on any atom is 0.221 e. The molecule has 0 aliphatic rings. The van der Waals surface area contributed by atoms with E-state index in [9.17, 15) is 4.79 Å². The molecule has 2 rings (SSSR count). The normalized spacial score (nSPS) is 10.4. The molecule has 0 spiro atoms. The highest BCUT2D eigenvalue weighted by Crippen LogP contribution is 2.19. The van der Waals surface area contributed by atoms with Crippen LogP contribution in [0.1, 0.15) is 17.5 Å². The van der Waals surface area contributed by atoms with Crippen LogP contribution in [0.5, 0.6) is 0 Å². The highest BCUT2D eigenvalue weighted by atomic mass is 79.9. The molecule has 0 unspecified atom stereocenters. The Balaban J connectivity index is 1.67. The second-order valence-electron chi connectivity index (χ2n) is 5.37. The second-order valence-corrected chi connectivity index (χ2v) is 6.72. The van der Waals surface area contributed by atoms with Gasteiger partial charge in [-0.25, -0.2) is 0 Å². The number of carbonyl (C=O) groups is 1. The van der Waals surface area contributed by atoms with Crippen molar-refractivity contribution >= 4 is 39.1 Å². The predicted molar refractivity (Wildman–Crippen MR) is 100 cm³/mol. The lowest BCUT2D eigenvalue weighted by Gasteiger charge is -2.10. The molecule has 5 heteroatoms. The van der Waals surface area contributed by atoms with Gasteiger partial charge in [0.2, 0.25) is 5.91 Å². The lowest BCUT2D eigenvalue weighted by molar-refractivity contribution is -0.120. The van der Waals surface area contributed by atoms with Gasteiger partial charge in [-0.1, -0.05) is 39.7 Å². The lowest BCUT2D eigenvalue weighted by atomic mass is 10.1. The zero-order valence-electron chi connectivity index (χ0n) is 13.0. The number of rotatable bonds is 7. The Bertz CT molecular complexity index is 676. The molecule has 0 bridgehead atoms. The van der Waals surface area contributed by atoms with Crippen molar-refractivity contribution in [3.05, 3.63) is 63.1 Å². The number of anilines is 1. The topological polar surface area (TPSA) is 41.1 Å². The Labute approximate surface area is 150 Å². The molecular formula is C18H20BrClN2O. The smallest absolute Gasteiger partial charge is 0.221 e. The summed E-state index contributed by atoms with van der Waals surface area (Å²) in [6, 6.07) is 13.7. The van der Waals surface area contributed by atoms with E-state index in [-0.39, 0.29) is 5.91 Å². The molecule has 2 aromatic carbocycles. The number of nitrogens with one attached hydrogen (secondary N) is 2. The van der Waals surface area contributed by atoms with E-state index < -0.39 is 0 Å². The minimum atomic E-state index is 0.0503. The molecule has 2 N–H and O–H groups in total. The van der Waals surface area contributed by atoms with Crippen LogP contribution in [0.3, 0.4) is 0 Å². The van der Waals surface area contributed by atoms with Crippen molar-refractivity contribution in [1.82, 2.24) is 5.32 Å². The van der Waals surface area contributed by atoms with Crippen molar-refractivity contribution in [1.29, 1.82) is 0 Å². The summed E-state index contributed by atoms with van der Waals surface area (Å²) in [5.74, 6) is 0.0503. The lowest BCUT2D eigenvalue weighted by Crippen LogP contribution is -2.27. The highest BCUT2D eigenvalue weighted by molar-refractivity contribution is 9.10. The summed E-state index contributed by atoms with van der Waals surface area (Å²) >= 11 is 9.38. The van der Waals surface area contributed by atoms with Crippen LogP contribution < -0.4 is 10.6 Å². The number of benzene rings is 2. The van der Waals surface area contributed by atoms with E-state index in [0.29, 0.717) is 19.5 Å². The van der Waals surface area contributed by atoms with Gasteiger partial charge in [0.05, 0.1) is 0 Å². The molecule has 23 heavy (non-hydrogen) atoms. The Morgan fingerprint density at radius 3 is 2.74 bits per heavy atom. The summed E-state index contributed by atoms with van der Waals surface area (Å²) in [6.07, 6.45) is 1.23. The Morgan fingerprint density at radius 2 is 2.00 bits per heavy atom. The highest BCUT2D eigenvalue weighted by Gasteiger charge is 2.03. The fraction of sp³-hybridized carbons (Fsp3) is 0.278. The van der Waals surface area contributed by atoms with Crippen molar-refractivity contribution in [3.8, 4) is 0 Å². The van der Waals surface area contributed by atoms with Crippen LogP contribution in [-0.2, 0) is 11.2 Å². The minimum Gasteiger partial charge on any atom is -0.384 e. The maximum atomic E-state index is 11.8. The molecule has 0 saturated heterocycles. The summed E-state index contributed by atoms with van der Waals surface area (Å²) < 4.78 is 1.05. The van der Waals surface area contributed by atoms with Gasteiger partial charge < -0.3 is 10.6 Å². The number of hydrogen-bond acceptors (Lipinski definition) is 2. The first-order valence-corrected chi connectivity index (χ1v) is 8.73. The Morgan fingerprint density at radius 1 is 1.17 bits per heavy atom. The van der Waals surface area contributed by atoms with Gasteiger partial charge in [-0.05, 0) is 54.8 Å². The summed E-state index contributed by atoms with van der Waals surface area (Å²) in [5.41, 5.74) is 3.34. The van der Waals surface area contributed by atoms with Crippen molar-refractivity contribution < 1.29 is 4.79 Å². The van der Waals surface area contributed by atoms with E-state index in [4.69, 9.17) is 11.6 Å². The summed E-state index contributed by atoms with van der Waals surface area (Å²) in [7, 11) is 0. The van der Waals surface area contributed by atoms with Crippen LogP contribution in [0.15, 0.2) is 46.9 Å². The third kappa shape index (κ3) is 6.24. The van der Waals surface area contributed by atoms with Crippen LogP contribution in [-0.4, -0.2) is 19.0 Å².